The second-order valence-corrected chi connectivity index (χ2v) is 3.78. The molecule has 18 heavy (non-hydrogen) atoms. The van der Waals surface area contributed by atoms with Gasteiger partial charge in [0.05, 0.1) is 5.71 Å². The monoisotopic (exact) mass is 251 g/mol. The molecule has 0 atom stereocenters. The molecule has 0 radical (unpaired) electrons. The van der Waals surface area contributed by atoms with Gasteiger partial charge in [0.25, 0.3) is 0 Å². The molecule has 0 fully saturated rings. The molecule has 0 unspecified atom stereocenters. The predicted molar refractivity (Wildman–Crippen MR) is 69.0 cm³/mol. The van der Waals surface area contributed by atoms with Crippen LogP contribution in [-0.4, -0.2) is 17.4 Å². The molecule has 0 aliphatic carbocycles. The summed E-state index contributed by atoms with van der Waals surface area (Å²) >= 11 is 0. The normalized spacial score (nSPS) is 11.3. The molecular formula is C13H17NO4. The molecule has 0 bridgehead atoms. The lowest BCUT2D eigenvalue weighted by molar-refractivity contribution is 0.174. The Morgan fingerprint density at radius 2 is 2.39 bits per heavy atom. The summed E-state index contributed by atoms with van der Waals surface area (Å²) in [4.78, 5) is 16.7. The summed E-state index contributed by atoms with van der Waals surface area (Å²) in [5, 5.41) is 13.7. The summed E-state index contributed by atoms with van der Waals surface area (Å²) in [5.74, 6) is 0.210. The summed E-state index contributed by atoms with van der Waals surface area (Å²) in [6.45, 7) is 7.27. The highest BCUT2D eigenvalue weighted by atomic mass is 16.6. The van der Waals surface area contributed by atoms with Crippen molar-refractivity contribution in [2.45, 2.75) is 26.7 Å². The van der Waals surface area contributed by atoms with Gasteiger partial charge in [-0.2, -0.15) is 0 Å². The van der Waals surface area contributed by atoms with Gasteiger partial charge in [-0.1, -0.05) is 31.2 Å². The van der Waals surface area contributed by atoms with Crippen molar-refractivity contribution in [2.24, 2.45) is 5.16 Å². The molecule has 5 nitrogen and oxygen atoms in total. The smallest absolute Gasteiger partial charge is 0.349 e. The van der Waals surface area contributed by atoms with Gasteiger partial charge in [0.15, 0.2) is 0 Å². The van der Waals surface area contributed by atoms with Crippen molar-refractivity contribution in [3.8, 4) is 5.75 Å². The Morgan fingerprint density at radius 1 is 1.67 bits per heavy atom. The molecule has 0 aliphatic heterocycles. The molecule has 98 valence electrons. The van der Waals surface area contributed by atoms with Crippen LogP contribution in [0.1, 0.15) is 31.1 Å². The van der Waals surface area contributed by atoms with Crippen molar-refractivity contribution in [3.63, 3.8) is 0 Å². The standard InChI is InChI=1S/C13H17NO4/c1-4-6-10(14-17-7-5-2)12-11(15)8-9(3)18-13(12)16/h5,8,15H,2,4,6-7H2,1,3H3. The minimum atomic E-state index is -0.609. The topological polar surface area (TPSA) is 72.0 Å². The molecule has 0 saturated heterocycles. The molecule has 0 aliphatic rings. The number of nitrogens with zero attached hydrogens (tertiary/aromatic N) is 1. The van der Waals surface area contributed by atoms with Crippen molar-refractivity contribution < 1.29 is 14.4 Å². The average Bonchev–Trinajstić information content (AvgIpc) is 2.28. The molecule has 0 saturated carbocycles. The van der Waals surface area contributed by atoms with Crippen LogP contribution in [0, 0.1) is 6.92 Å². The van der Waals surface area contributed by atoms with E-state index < -0.39 is 5.63 Å². The van der Waals surface area contributed by atoms with Crippen LogP contribution in [0.2, 0.25) is 0 Å². The molecule has 1 aromatic rings. The maximum Gasteiger partial charge on any atom is 0.349 e. The van der Waals surface area contributed by atoms with Gasteiger partial charge < -0.3 is 14.4 Å². The average molecular weight is 251 g/mol. The first-order chi connectivity index (χ1) is 8.60. The van der Waals surface area contributed by atoms with Gasteiger partial charge in [-0.3, -0.25) is 0 Å². The van der Waals surface area contributed by atoms with Gasteiger partial charge >= 0.3 is 5.63 Å². The van der Waals surface area contributed by atoms with Crippen LogP contribution >= 0.6 is 0 Å². The zero-order valence-electron chi connectivity index (χ0n) is 10.6. The summed E-state index contributed by atoms with van der Waals surface area (Å²) < 4.78 is 4.95. The van der Waals surface area contributed by atoms with Crippen LogP contribution in [0.3, 0.4) is 0 Å². The van der Waals surface area contributed by atoms with E-state index in [0.29, 0.717) is 17.9 Å². The van der Waals surface area contributed by atoms with E-state index in [9.17, 15) is 9.90 Å². The molecule has 1 N–H and O–H groups in total. The lowest BCUT2D eigenvalue weighted by atomic mass is 10.1. The molecule has 1 rings (SSSR count). The van der Waals surface area contributed by atoms with E-state index in [1.54, 1.807) is 13.0 Å². The third kappa shape index (κ3) is 3.48. The van der Waals surface area contributed by atoms with Crippen molar-refractivity contribution >= 4 is 5.71 Å². The molecule has 0 spiro atoms. The van der Waals surface area contributed by atoms with Gasteiger partial charge in [0.1, 0.15) is 23.7 Å². The second-order valence-electron chi connectivity index (χ2n) is 3.78. The number of hydrogen-bond donors (Lipinski definition) is 1. The Balaban J connectivity index is 3.17. The van der Waals surface area contributed by atoms with Crippen LogP contribution in [0.5, 0.6) is 5.75 Å². The number of aromatic hydroxyl groups is 1. The van der Waals surface area contributed by atoms with Gasteiger partial charge in [0, 0.05) is 6.07 Å². The molecule has 1 heterocycles. The fraction of sp³-hybridized carbons (Fsp3) is 0.385. The molecule has 0 aromatic carbocycles. The Morgan fingerprint density at radius 3 is 2.94 bits per heavy atom. The van der Waals surface area contributed by atoms with E-state index in [-0.39, 0.29) is 17.9 Å². The van der Waals surface area contributed by atoms with E-state index in [2.05, 4.69) is 11.7 Å². The minimum absolute atomic E-state index is 0.0616. The van der Waals surface area contributed by atoms with E-state index in [4.69, 9.17) is 9.25 Å². The summed E-state index contributed by atoms with van der Waals surface area (Å²) in [6, 6.07) is 1.38. The van der Waals surface area contributed by atoms with Crippen molar-refractivity contribution in [1.29, 1.82) is 0 Å². The second kappa shape index (κ2) is 6.64. The van der Waals surface area contributed by atoms with E-state index in [1.807, 2.05) is 6.92 Å². The molecule has 0 amide bonds. The van der Waals surface area contributed by atoms with Crippen molar-refractivity contribution in [2.75, 3.05) is 6.61 Å². The first-order valence-electron chi connectivity index (χ1n) is 5.74. The van der Waals surface area contributed by atoms with Crippen LogP contribution in [-0.2, 0) is 4.84 Å². The Hall–Kier alpha value is -2.04. The largest absolute Gasteiger partial charge is 0.507 e. The van der Waals surface area contributed by atoms with Crippen LogP contribution in [0.15, 0.2) is 33.1 Å². The zero-order valence-corrected chi connectivity index (χ0v) is 10.6. The van der Waals surface area contributed by atoms with Crippen molar-refractivity contribution in [3.05, 3.63) is 40.5 Å². The maximum atomic E-state index is 11.7. The van der Waals surface area contributed by atoms with E-state index >= 15 is 0 Å². The summed E-state index contributed by atoms with van der Waals surface area (Å²) in [6.07, 6.45) is 2.83. The Labute approximate surface area is 105 Å². The van der Waals surface area contributed by atoms with Gasteiger partial charge in [-0.05, 0) is 13.3 Å². The van der Waals surface area contributed by atoms with E-state index in [1.165, 1.54) is 6.07 Å². The van der Waals surface area contributed by atoms with Crippen LogP contribution in [0.25, 0.3) is 0 Å². The van der Waals surface area contributed by atoms with Gasteiger partial charge in [-0.15, -0.1) is 0 Å². The van der Waals surface area contributed by atoms with E-state index in [0.717, 1.165) is 6.42 Å². The molecule has 5 heteroatoms. The van der Waals surface area contributed by atoms with Crippen molar-refractivity contribution in [1.82, 2.24) is 0 Å². The highest BCUT2D eigenvalue weighted by Crippen LogP contribution is 2.17. The Bertz CT molecular complexity index is 502. The third-order valence-corrected chi connectivity index (χ3v) is 2.20. The van der Waals surface area contributed by atoms with Crippen LogP contribution < -0.4 is 5.63 Å². The molecular weight excluding hydrogens is 234 g/mol. The lowest BCUT2D eigenvalue weighted by Gasteiger charge is -2.06. The molecule has 1 aromatic heterocycles. The summed E-state index contributed by atoms with van der Waals surface area (Å²) in [5.41, 5.74) is -0.168. The fourth-order valence-corrected chi connectivity index (χ4v) is 1.48. The van der Waals surface area contributed by atoms with Crippen LogP contribution in [0.4, 0.5) is 0 Å². The SMILES string of the molecule is C=CCON=C(CCC)c1c(O)cc(C)oc1=O. The number of rotatable bonds is 6. The summed E-state index contributed by atoms with van der Waals surface area (Å²) in [7, 11) is 0. The highest BCUT2D eigenvalue weighted by Gasteiger charge is 2.16. The predicted octanol–water partition coefficient (Wildman–Crippen LogP) is 2.36. The fourth-order valence-electron chi connectivity index (χ4n) is 1.48. The van der Waals surface area contributed by atoms with Gasteiger partial charge in [0.2, 0.25) is 0 Å². The minimum Gasteiger partial charge on any atom is -0.507 e. The first kappa shape index (κ1) is 14.0. The number of oxime groups is 1. The third-order valence-electron chi connectivity index (χ3n) is 2.20. The maximum absolute atomic E-state index is 11.7. The quantitative estimate of drug-likeness (QED) is 0.364. The highest BCUT2D eigenvalue weighted by molar-refractivity contribution is 6.01. The van der Waals surface area contributed by atoms with Gasteiger partial charge in [-0.25, -0.2) is 4.79 Å². The first-order valence-corrected chi connectivity index (χ1v) is 5.74. The number of hydrogen-bond acceptors (Lipinski definition) is 5. The number of aryl methyl sites for hydroxylation is 1. The lowest BCUT2D eigenvalue weighted by Crippen LogP contribution is -2.16. The Kier molecular flexibility index (Phi) is 5.17. The zero-order chi connectivity index (χ0) is 13.5.